The van der Waals surface area contributed by atoms with Crippen molar-refractivity contribution in [2.24, 2.45) is 0 Å². The van der Waals surface area contributed by atoms with E-state index in [0.717, 1.165) is 25.4 Å². The number of aromatic nitrogens is 2. The van der Waals surface area contributed by atoms with E-state index in [2.05, 4.69) is 52.1 Å². The van der Waals surface area contributed by atoms with Gasteiger partial charge < -0.3 is 4.74 Å². The molecule has 22 heavy (non-hydrogen) atoms. The van der Waals surface area contributed by atoms with E-state index in [-0.39, 0.29) is 0 Å². The average molecular weight is 299 g/mol. The van der Waals surface area contributed by atoms with Crippen LogP contribution in [0.15, 0.2) is 36.7 Å². The van der Waals surface area contributed by atoms with Crippen LogP contribution in [-0.4, -0.2) is 34.4 Å². The lowest BCUT2D eigenvalue weighted by Gasteiger charge is -2.32. The number of hydrogen-bond donors (Lipinski definition) is 0. The highest BCUT2D eigenvalue weighted by Crippen LogP contribution is 2.23. The maximum atomic E-state index is 5.50. The van der Waals surface area contributed by atoms with Crippen LogP contribution < -0.4 is 4.74 Å². The summed E-state index contributed by atoms with van der Waals surface area (Å²) in [6.07, 6.45) is 6.57. The summed E-state index contributed by atoms with van der Waals surface area (Å²) in [5.41, 5.74) is 2.59. The first kappa shape index (κ1) is 15.1. The zero-order chi connectivity index (χ0) is 15.4. The molecule has 2 aromatic rings. The molecule has 0 aliphatic carbocycles. The number of nitrogens with zero attached hydrogens (tertiary/aromatic N) is 3. The molecule has 0 spiro atoms. The largest absolute Gasteiger partial charge is 0.494 e. The topological polar surface area (TPSA) is 30.3 Å². The van der Waals surface area contributed by atoms with Crippen LogP contribution in [0, 0.1) is 6.92 Å². The highest BCUT2D eigenvalue weighted by atomic mass is 16.5. The second kappa shape index (κ2) is 6.97. The van der Waals surface area contributed by atoms with Gasteiger partial charge in [0.05, 0.1) is 18.8 Å². The molecule has 1 aliphatic heterocycles. The molecule has 1 saturated heterocycles. The molecule has 1 aromatic carbocycles. The van der Waals surface area contributed by atoms with Gasteiger partial charge in [-0.05, 0) is 56.5 Å². The quantitative estimate of drug-likeness (QED) is 0.847. The SMILES string of the molecule is CCOc1ccc(CN2CCCC(n3cc(C)cn3)C2)cc1. The number of rotatable bonds is 5. The number of benzene rings is 1. The van der Waals surface area contributed by atoms with Crippen LogP contribution in [-0.2, 0) is 6.54 Å². The van der Waals surface area contributed by atoms with Gasteiger partial charge >= 0.3 is 0 Å². The molecule has 0 bridgehead atoms. The van der Waals surface area contributed by atoms with Gasteiger partial charge in [0.1, 0.15) is 5.75 Å². The van der Waals surface area contributed by atoms with Crippen molar-refractivity contribution in [3.63, 3.8) is 0 Å². The molecule has 0 radical (unpaired) electrons. The predicted octanol–water partition coefficient (Wildman–Crippen LogP) is 3.43. The summed E-state index contributed by atoms with van der Waals surface area (Å²) in [6.45, 7) is 8.08. The van der Waals surface area contributed by atoms with Crippen molar-refractivity contribution < 1.29 is 4.74 Å². The third kappa shape index (κ3) is 3.69. The van der Waals surface area contributed by atoms with Crippen LogP contribution in [0.3, 0.4) is 0 Å². The molecule has 1 unspecified atom stereocenters. The van der Waals surface area contributed by atoms with Gasteiger partial charge in [0.15, 0.2) is 0 Å². The molecule has 0 amide bonds. The van der Waals surface area contributed by atoms with Crippen molar-refractivity contribution in [3.8, 4) is 5.75 Å². The number of ether oxygens (including phenoxy) is 1. The normalized spacial score (nSPS) is 19.3. The van der Waals surface area contributed by atoms with E-state index in [9.17, 15) is 0 Å². The van der Waals surface area contributed by atoms with E-state index in [4.69, 9.17) is 4.74 Å². The van der Waals surface area contributed by atoms with Crippen molar-refractivity contribution in [1.82, 2.24) is 14.7 Å². The smallest absolute Gasteiger partial charge is 0.119 e. The van der Waals surface area contributed by atoms with E-state index in [0.29, 0.717) is 6.04 Å². The van der Waals surface area contributed by atoms with Crippen molar-refractivity contribution in [1.29, 1.82) is 0 Å². The third-order valence-electron chi connectivity index (χ3n) is 4.23. The molecule has 0 N–H and O–H groups in total. The van der Waals surface area contributed by atoms with E-state index >= 15 is 0 Å². The van der Waals surface area contributed by atoms with Gasteiger partial charge in [-0.25, -0.2) is 0 Å². The maximum Gasteiger partial charge on any atom is 0.119 e. The summed E-state index contributed by atoms with van der Waals surface area (Å²) in [6, 6.07) is 8.98. The molecule has 1 aromatic heterocycles. The molecule has 2 heterocycles. The van der Waals surface area contributed by atoms with Crippen molar-refractivity contribution in [2.45, 2.75) is 39.3 Å². The molecule has 0 saturated carbocycles. The predicted molar refractivity (Wildman–Crippen MR) is 88.1 cm³/mol. The minimum atomic E-state index is 0.505. The molecule has 118 valence electrons. The van der Waals surface area contributed by atoms with Gasteiger partial charge in [-0.2, -0.15) is 5.10 Å². The Kier molecular flexibility index (Phi) is 4.78. The zero-order valence-corrected chi connectivity index (χ0v) is 13.5. The van der Waals surface area contributed by atoms with E-state index in [1.807, 2.05) is 13.1 Å². The van der Waals surface area contributed by atoms with Crippen molar-refractivity contribution >= 4 is 0 Å². The van der Waals surface area contributed by atoms with Gasteiger partial charge in [-0.1, -0.05) is 12.1 Å². The van der Waals surface area contributed by atoms with E-state index in [1.54, 1.807) is 0 Å². The maximum absolute atomic E-state index is 5.50. The third-order valence-corrected chi connectivity index (χ3v) is 4.23. The Balaban J connectivity index is 1.60. The molecule has 3 rings (SSSR count). The van der Waals surface area contributed by atoms with Crippen molar-refractivity contribution in [2.75, 3.05) is 19.7 Å². The number of piperidine rings is 1. The first-order valence-electron chi connectivity index (χ1n) is 8.19. The first-order chi connectivity index (χ1) is 10.7. The van der Waals surface area contributed by atoms with Crippen LogP contribution in [0.5, 0.6) is 5.75 Å². The lowest BCUT2D eigenvalue weighted by Crippen LogP contribution is -2.36. The molecule has 4 nitrogen and oxygen atoms in total. The summed E-state index contributed by atoms with van der Waals surface area (Å²) in [5, 5.41) is 4.49. The van der Waals surface area contributed by atoms with Crippen LogP contribution in [0.1, 0.15) is 36.9 Å². The lowest BCUT2D eigenvalue weighted by molar-refractivity contribution is 0.163. The Hall–Kier alpha value is -1.81. The molecule has 1 atom stereocenters. The fourth-order valence-corrected chi connectivity index (χ4v) is 3.14. The Bertz CT molecular complexity index is 591. The monoisotopic (exact) mass is 299 g/mol. The van der Waals surface area contributed by atoms with Crippen LogP contribution in [0.25, 0.3) is 0 Å². The summed E-state index contributed by atoms with van der Waals surface area (Å²) in [4.78, 5) is 2.53. The summed E-state index contributed by atoms with van der Waals surface area (Å²) >= 11 is 0. The number of likely N-dealkylation sites (tertiary alicyclic amines) is 1. The molecule has 4 heteroatoms. The first-order valence-corrected chi connectivity index (χ1v) is 8.19. The molecular weight excluding hydrogens is 274 g/mol. The minimum absolute atomic E-state index is 0.505. The van der Waals surface area contributed by atoms with Crippen LogP contribution in [0.4, 0.5) is 0 Å². The second-order valence-electron chi connectivity index (χ2n) is 6.11. The summed E-state index contributed by atoms with van der Waals surface area (Å²) < 4.78 is 7.64. The summed E-state index contributed by atoms with van der Waals surface area (Å²) in [7, 11) is 0. The Morgan fingerprint density at radius 1 is 1.27 bits per heavy atom. The number of hydrogen-bond acceptors (Lipinski definition) is 3. The molecule has 1 aliphatic rings. The van der Waals surface area contributed by atoms with E-state index in [1.165, 1.54) is 30.5 Å². The van der Waals surface area contributed by atoms with Crippen molar-refractivity contribution in [3.05, 3.63) is 47.8 Å². The minimum Gasteiger partial charge on any atom is -0.494 e. The Labute approximate surface area is 132 Å². The average Bonchev–Trinajstić information content (AvgIpc) is 2.97. The highest BCUT2D eigenvalue weighted by Gasteiger charge is 2.21. The second-order valence-corrected chi connectivity index (χ2v) is 6.11. The summed E-state index contributed by atoms with van der Waals surface area (Å²) in [5.74, 6) is 0.954. The molecule has 1 fully saturated rings. The van der Waals surface area contributed by atoms with Gasteiger partial charge in [0, 0.05) is 19.3 Å². The highest BCUT2D eigenvalue weighted by molar-refractivity contribution is 5.27. The number of aryl methyl sites for hydroxylation is 1. The lowest BCUT2D eigenvalue weighted by atomic mass is 10.0. The molecular formula is C18H25N3O. The standard InChI is InChI=1S/C18H25N3O/c1-3-22-18-8-6-16(7-9-18)13-20-10-4-5-17(14-20)21-12-15(2)11-19-21/h6-9,11-12,17H,3-5,10,13-14H2,1-2H3. The van der Waals surface area contributed by atoms with Crippen LogP contribution in [0.2, 0.25) is 0 Å². The Morgan fingerprint density at radius 2 is 2.09 bits per heavy atom. The van der Waals surface area contributed by atoms with Gasteiger partial charge in [-0.3, -0.25) is 9.58 Å². The van der Waals surface area contributed by atoms with Gasteiger partial charge in [-0.15, -0.1) is 0 Å². The zero-order valence-electron chi connectivity index (χ0n) is 13.5. The van der Waals surface area contributed by atoms with Crippen LogP contribution >= 0.6 is 0 Å². The fourth-order valence-electron chi connectivity index (χ4n) is 3.14. The van der Waals surface area contributed by atoms with E-state index < -0.39 is 0 Å². The fraction of sp³-hybridized carbons (Fsp3) is 0.500. The van der Waals surface area contributed by atoms with Gasteiger partial charge in [0.25, 0.3) is 0 Å². The van der Waals surface area contributed by atoms with Gasteiger partial charge in [0.2, 0.25) is 0 Å². The Morgan fingerprint density at radius 3 is 2.77 bits per heavy atom.